The Kier molecular flexibility index (Phi) is 3.26. The van der Waals surface area contributed by atoms with Crippen molar-refractivity contribution in [1.29, 1.82) is 0 Å². The van der Waals surface area contributed by atoms with E-state index < -0.39 is 21.8 Å². The molecular weight excluding hydrogens is 275 g/mol. The van der Waals surface area contributed by atoms with E-state index in [1.165, 1.54) is 18.5 Å². The summed E-state index contributed by atoms with van der Waals surface area (Å²) in [5.41, 5.74) is -0.576. The molecule has 0 fully saturated rings. The van der Waals surface area contributed by atoms with Crippen molar-refractivity contribution in [3.8, 4) is 0 Å². The summed E-state index contributed by atoms with van der Waals surface area (Å²) in [4.78, 5) is 13.1. The first-order valence-corrected chi connectivity index (χ1v) is 6.57. The maximum absolute atomic E-state index is 13.6. The number of H-pyrrole nitrogens is 1. The molecule has 1 heterocycles. The molecular formula is C11H9FN2O4S. The smallest absolute Gasteiger partial charge is 0.335 e. The number of halogens is 1. The van der Waals surface area contributed by atoms with E-state index in [9.17, 15) is 17.6 Å². The number of aromatic nitrogens is 1. The van der Waals surface area contributed by atoms with Crippen molar-refractivity contribution in [2.24, 2.45) is 0 Å². The van der Waals surface area contributed by atoms with Crippen LogP contribution in [-0.4, -0.2) is 24.5 Å². The number of carbonyl (C=O) groups is 1. The predicted molar refractivity (Wildman–Crippen MR) is 65.0 cm³/mol. The summed E-state index contributed by atoms with van der Waals surface area (Å²) in [7, 11) is -3.89. The zero-order valence-electron chi connectivity index (χ0n) is 9.42. The molecule has 0 radical (unpaired) electrons. The second-order valence-corrected chi connectivity index (χ2v) is 5.33. The summed E-state index contributed by atoms with van der Waals surface area (Å²) in [5.74, 6) is -2.25. The molecule has 2 aromatic rings. The fourth-order valence-electron chi connectivity index (χ4n) is 1.41. The summed E-state index contributed by atoms with van der Waals surface area (Å²) < 4.78 is 39.3. The van der Waals surface area contributed by atoms with Crippen molar-refractivity contribution < 1.29 is 22.7 Å². The van der Waals surface area contributed by atoms with Crippen molar-refractivity contribution in [2.45, 2.75) is 4.90 Å². The summed E-state index contributed by atoms with van der Waals surface area (Å²) in [6.45, 7) is 0. The van der Waals surface area contributed by atoms with Gasteiger partial charge in [0.05, 0.1) is 11.3 Å². The van der Waals surface area contributed by atoms with E-state index in [1.807, 2.05) is 4.72 Å². The Labute approximate surface area is 107 Å². The Balaban J connectivity index is 2.32. The lowest BCUT2D eigenvalue weighted by Gasteiger charge is -2.07. The highest BCUT2D eigenvalue weighted by Gasteiger charge is 2.17. The van der Waals surface area contributed by atoms with E-state index in [1.54, 1.807) is 0 Å². The predicted octanol–water partition coefficient (Wildman–Crippen LogP) is 1.65. The fourth-order valence-corrected chi connectivity index (χ4v) is 2.45. The number of anilines is 1. The van der Waals surface area contributed by atoms with Crippen molar-refractivity contribution in [2.75, 3.05) is 4.72 Å². The van der Waals surface area contributed by atoms with Crippen LogP contribution in [0.15, 0.2) is 41.6 Å². The Morgan fingerprint density at radius 3 is 2.58 bits per heavy atom. The zero-order valence-corrected chi connectivity index (χ0v) is 10.2. The monoisotopic (exact) mass is 284 g/mol. The molecule has 0 aliphatic rings. The number of sulfonamides is 1. The first-order valence-electron chi connectivity index (χ1n) is 5.08. The van der Waals surface area contributed by atoms with Gasteiger partial charge in [0, 0.05) is 12.4 Å². The number of hydrogen-bond acceptors (Lipinski definition) is 3. The van der Waals surface area contributed by atoms with Gasteiger partial charge in [-0.2, -0.15) is 0 Å². The molecule has 19 heavy (non-hydrogen) atoms. The SMILES string of the molecule is O=C(O)c1ccc(NS(=O)(=O)c2cc[nH]c2)c(F)c1. The normalized spacial score (nSPS) is 11.2. The lowest BCUT2D eigenvalue weighted by Crippen LogP contribution is -2.13. The Bertz CT molecular complexity index is 710. The minimum atomic E-state index is -3.89. The lowest BCUT2D eigenvalue weighted by molar-refractivity contribution is 0.0696. The molecule has 0 aliphatic carbocycles. The van der Waals surface area contributed by atoms with Crippen LogP contribution in [-0.2, 0) is 10.0 Å². The van der Waals surface area contributed by atoms with E-state index >= 15 is 0 Å². The van der Waals surface area contributed by atoms with Gasteiger partial charge in [-0.25, -0.2) is 17.6 Å². The highest BCUT2D eigenvalue weighted by Crippen LogP contribution is 2.20. The molecule has 0 aliphatic heterocycles. The van der Waals surface area contributed by atoms with Gasteiger partial charge in [-0.3, -0.25) is 4.72 Å². The van der Waals surface area contributed by atoms with Crippen LogP contribution < -0.4 is 4.72 Å². The minimum absolute atomic E-state index is 0.0470. The Morgan fingerprint density at radius 1 is 1.32 bits per heavy atom. The maximum atomic E-state index is 13.6. The Morgan fingerprint density at radius 2 is 2.05 bits per heavy atom. The molecule has 0 saturated heterocycles. The van der Waals surface area contributed by atoms with Gasteiger partial charge in [0.1, 0.15) is 10.7 Å². The number of aromatic amines is 1. The molecule has 6 nitrogen and oxygen atoms in total. The average Bonchev–Trinajstić information content (AvgIpc) is 2.85. The highest BCUT2D eigenvalue weighted by atomic mass is 32.2. The van der Waals surface area contributed by atoms with Crippen molar-refractivity contribution in [3.05, 3.63) is 48.0 Å². The third kappa shape index (κ3) is 2.74. The molecule has 0 amide bonds. The molecule has 2 rings (SSSR count). The van der Waals surface area contributed by atoms with Crippen LogP contribution in [0.1, 0.15) is 10.4 Å². The van der Waals surface area contributed by atoms with E-state index in [0.717, 1.165) is 18.2 Å². The summed E-state index contributed by atoms with van der Waals surface area (Å²) >= 11 is 0. The molecule has 8 heteroatoms. The molecule has 100 valence electrons. The largest absolute Gasteiger partial charge is 0.478 e. The number of aromatic carboxylic acids is 1. The number of carboxylic acid groups (broad SMARTS) is 1. The van der Waals surface area contributed by atoms with E-state index in [0.29, 0.717) is 0 Å². The summed E-state index contributed by atoms with van der Waals surface area (Å²) in [5, 5.41) is 8.67. The van der Waals surface area contributed by atoms with Gasteiger partial charge in [0.15, 0.2) is 0 Å². The van der Waals surface area contributed by atoms with Crippen LogP contribution in [0.2, 0.25) is 0 Å². The van der Waals surface area contributed by atoms with E-state index in [2.05, 4.69) is 4.98 Å². The van der Waals surface area contributed by atoms with Crippen molar-refractivity contribution in [1.82, 2.24) is 4.98 Å². The zero-order chi connectivity index (χ0) is 14.0. The van der Waals surface area contributed by atoms with E-state index in [4.69, 9.17) is 5.11 Å². The van der Waals surface area contributed by atoms with Gasteiger partial charge < -0.3 is 10.1 Å². The fraction of sp³-hybridized carbons (Fsp3) is 0. The van der Waals surface area contributed by atoms with Crippen LogP contribution in [0.3, 0.4) is 0 Å². The first-order chi connectivity index (χ1) is 8.90. The number of nitrogens with one attached hydrogen (secondary N) is 2. The molecule has 0 unspecified atom stereocenters. The second kappa shape index (κ2) is 4.73. The topological polar surface area (TPSA) is 99.3 Å². The van der Waals surface area contributed by atoms with Crippen molar-refractivity contribution in [3.63, 3.8) is 0 Å². The van der Waals surface area contributed by atoms with Crippen LogP contribution in [0.4, 0.5) is 10.1 Å². The summed E-state index contributed by atoms with van der Waals surface area (Å²) in [6.07, 6.45) is 2.66. The molecule has 0 atom stereocenters. The second-order valence-electron chi connectivity index (χ2n) is 3.65. The number of benzene rings is 1. The third-order valence-corrected chi connectivity index (χ3v) is 3.70. The first kappa shape index (κ1) is 13.1. The minimum Gasteiger partial charge on any atom is -0.478 e. The third-order valence-electron chi connectivity index (χ3n) is 2.34. The van der Waals surface area contributed by atoms with Crippen LogP contribution >= 0.6 is 0 Å². The number of carboxylic acids is 1. The van der Waals surface area contributed by atoms with Crippen molar-refractivity contribution >= 4 is 21.7 Å². The molecule has 0 spiro atoms. The molecule has 1 aromatic carbocycles. The van der Waals surface area contributed by atoms with Crippen LogP contribution in [0.25, 0.3) is 0 Å². The van der Waals surface area contributed by atoms with E-state index in [-0.39, 0.29) is 16.1 Å². The van der Waals surface area contributed by atoms with Crippen LogP contribution in [0, 0.1) is 5.82 Å². The summed E-state index contributed by atoms with van der Waals surface area (Å²) in [6, 6.07) is 4.23. The molecule has 3 N–H and O–H groups in total. The van der Waals surface area contributed by atoms with Gasteiger partial charge >= 0.3 is 5.97 Å². The van der Waals surface area contributed by atoms with Gasteiger partial charge in [-0.1, -0.05) is 0 Å². The Hall–Kier alpha value is -2.35. The molecule has 1 aromatic heterocycles. The molecule has 0 bridgehead atoms. The van der Waals surface area contributed by atoms with Gasteiger partial charge in [0.25, 0.3) is 10.0 Å². The van der Waals surface area contributed by atoms with Gasteiger partial charge in [0.2, 0.25) is 0 Å². The van der Waals surface area contributed by atoms with Gasteiger partial charge in [-0.05, 0) is 24.3 Å². The quantitative estimate of drug-likeness (QED) is 0.794. The average molecular weight is 284 g/mol. The number of rotatable bonds is 4. The molecule has 0 saturated carbocycles. The standard InChI is InChI=1S/C11H9FN2O4S/c12-9-5-7(11(15)16)1-2-10(9)14-19(17,18)8-3-4-13-6-8/h1-6,13-14H,(H,15,16). The van der Waals surface area contributed by atoms with Crippen LogP contribution in [0.5, 0.6) is 0 Å². The lowest BCUT2D eigenvalue weighted by atomic mass is 10.2. The highest BCUT2D eigenvalue weighted by molar-refractivity contribution is 7.92. The number of hydrogen-bond donors (Lipinski definition) is 3. The van der Waals surface area contributed by atoms with Gasteiger partial charge in [-0.15, -0.1) is 0 Å². The maximum Gasteiger partial charge on any atom is 0.335 e.